The number of hydrogen-bond donors (Lipinski definition) is 4. The van der Waals surface area contributed by atoms with Crippen LogP contribution in [0, 0.1) is 9.81 Å². The van der Waals surface area contributed by atoms with Crippen LogP contribution in [-0.2, 0) is 0 Å². The van der Waals surface area contributed by atoms with Crippen LogP contribution in [0.25, 0.3) is 0 Å². The molecule has 4 N–H and O–H groups in total. The molecule has 0 saturated carbocycles. The van der Waals surface area contributed by atoms with E-state index in [0.717, 1.165) is 0 Å². The number of nitrogens with zero attached hydrogens (tertiary/aromatic N) is 2. The van der Waals surface area contributed by atoms with E-state index in [1.54, 1.807) is 0 Å². The third-order valence-corrected chi connectivity index (χ3v) is 0. The summed E-state index contributed by atoms with van der Waals surface area (Å²) in [5.41, 5.74) is 0. The van der Waals surface area contributed by atoms with E-state index in [-0.39, 0.29) is 45.5 Å². The van der Waals surface area contributed by atoms with Crippen molar-refractivity contribution in [3.8, 4) is 0 Å². The van der Waals surface area contributed by atoms with E-state index in [4.69, 9.17) is 30.6 Å². The largest absolute Gasteiger partial charge is 2.00 e. The Bertz CT molecular complexity index is 69.1. The molecule has 0 radical (unpaired) electrons. The van der Waals surface area contributed by atoms with Gasteiger partial charge in [-0.05, 0) is 0 Å². The van der Waals surface area contributed by atoms with Crippen LogP contribution in [0.5, 0.6) is 0 Å². The molecule has 0 aromatic rings. The summed E-state index contributed by atoms with van der Waals surface area (Å²) in [7, 11) is 0. The summed E-state index contributed by atoms with van der Waals surface area (Å²) in [4.78, 5) is 16.9. The first-order valence-electron chi connectivity index (χ1n) is 1.17. The molecule has 0 unspecified atom stereocenters. The van der Waals surface area contributed by atoms with Crippen LogP contribution in [0.1, 0.15) is 0 Å². The van der Waals surface area contributed by atoms with E-state index in [9.17, 15) is 0 Å². The van der Waals surface area contributed by atoms with Gasteiger partial charge in [-0.25, -0.2) is 20.8 Å². The second-order valence-corrected chi connectivity index (χ2v) is 0.505. The molecule has 0 atom stereocenters. The first-order chi connectivity index (χ1) is 3.46. The first kappa shape index (κ1) is 15.9. The Hall–Kier alpha value is -0.119. The summed E-state index contributed by atoms with van der Waals surface area (Å²) in [5, 5.41) is 25.1. The van der Waals surface area contributed by atoms with Crippen molar-refractivity contribution in [2.75, 3.05) is 0 Å². The molecule has 0 saturated heterocycles. The van der Waals surface area contributed by atoms with Gasteiger partial charge in [-0.2, -0.15) is 0 Å². The van der Waals surface area contributed by atoms with Gasteiger partial charge >= 0.3 is 55.7 Å². The molecule has 0 aliphatic heterocycles. The minimum atomic E-state index is -1.25. The summed E-state index contributed by atoms with van der Waals surface area (Å²) in [6.45, 7) is 0. The van der Waals surface area contributed by atoms with Gasteiger partial charge in [0.15, 0.2) is 0 Å². The van der Waals surface area contributed by atoms with Crippen LogP contribution in [0.2, 0.25) is 0 Å². The van der Waals surface area contributed by atoms with E-state index in [1.165, 1.54) is 0 Å². The van der Waals surface area contributed by atoms with Crippen molar-refractivity contribution in [2.24, 2.45) is 0 Å². The molecule has 0 aliphatic carbocycles. The molecule has 0 aromatic heterocycles. The van der Waals surface area contributed by atoms with Crippen molar-refractivity contribution < 1.29 is 31.0 Å². The summed E-state index contributed by atoms with van der Waals surface area (Å²) < 4.78 is 0. The van der Waals surface area contributed by atoms with Crippen LogP contribution < -0.4 is 0 Å². The SMILES string of the molecule is O=[N+](O)O.O=[N+](O)O.[Sr+2]. The zero-order valence-corrected chi connectivity index (χ0v) is 7.68. The quantitative estimate of drug-likeness (QED) is 0.295. The zero-order valence-electron chi connectivity index (χ0n) is 4.21. The maximum absolute atomic E-state index is 8.47. The molecule has 9 heteroatoms. The Morgan fingerprint density at radius 1 is 0.778 bits per heavy atom. The van der Waals surface area contributed by atoms with E-state index < -0.39 is 10.2 Å². The second-order valence-electron chi connectivity index (χ2n) is 0.505. The zero-order chi connectivity index (χ0) is 7.15. The average Bonchev–Trinajstić information content (AvgIpc) is 1.25. The minimum absolute atomic E-state index is 0. The number of rotatable bonds is 0. The smallest absolute Gasteiger partial charge is 0.201 e. The van der Waals surface area contributed by atoms with Gasteiger partial charge in [0.05, 0.1) is 0 Å². The maximum Gasteiger partial charge on any atom is 2.00 e. The van der Waals surface area contributed by atoms with Gasteiger partial charge in [-0.3, -0.25) is 0 Å². The van der Waals surface area contributed by atoms with Crippen molar-refractivity contribution in [3.05, 3.63) is 9.81 Å². The first-order valence-corrected chi connectivity index (χ1v) is 1.17. The van der Waals surface area contributed by atoms with Crippen molar-refractivity contribution in [1.29, 1.82) is 0 Å². The van der Waals surface area contributed by atoms with Crippen molar-refractivity contribution in [1.82, 2.24) is 0 Å². The Balaban J connectivity index is -0.0000000720. The molecule has 0 rings (SSSR count). The third-order valence-electron chi connectivity index (χ3n) is 0. The van der Waals surface area contributed by atoms with Gasteiger partial charge in [0.2, 0.25) is 0 Å². The fourth-order valence-electron chi connectivity index (χ4n) is 0. The fourth-order valence-corrected chi connectivity index (χ4v) is 0. The maximum atomic E-state index is 8.47. The minimum Gasteiger partial charge on any atom is -0.201 e. The molecule has 0 aromatic carbocycles. The van der Waals surface area contributed by atoms with Crippen LogP contribution >= 0.6 is 0 Å². The third kappa shape index (κ3) is 19100. The molecule has 0 heterocycles. The van der Waals surface area contributed by atoms with Crippen LogP contribution in [-0.4, -0.2) is 76.5 Å². The summed E-state index contributed by atoms with van der Waals surface area (Å²) >= 11 is 0. The van der Waals surface area contributed by atoms with Gasteiger partial charge in [0.1, 0.15) is 9.81 Å². The molecule has 0 amide bonds. The predicted molar refractivity (Wildman–Crippen MR) is 20.2 cm³/mol. The molecule has 8 nitrogen and oxygen atoms in total. The summed E-state index contributed by atoms with van der Waals surface area (Å²) in [6.07, 6.45) is 0. The van der Waals surface area contributed by atoms with Crippen molar-refractivity contribution in [3.63, 3.8) is 0 Å². The van der Waals surface area contributed by atoms with Gasteiger partial charge < -0.3 is 0 Å². The number of hydrogen-bond acceptors (Lipinski definition) is 2. The molecule has 0 bridgehead atoms. The molecule has 0 aliphatic rings. The van der Waals surface area contributed by atoms with Crippen LogP contribution in [0.3, 0.4) is 0 Å². The molecule has 9 heavy (non-hydrogen) atoms. The molecular formula is H4N2O6Sr+4. The fraction of sp³-hybridized carbons (Fsp3) is 0. The molecule has 0 fully saturated rings. The van der Waals surface area contributed by atoms with E-state index in [1.807, 2.05) is 0 Å². The van der Waals surface area contributed by atoms with Crippen LogP contribution in [0.4, 0.5) is 0 Å². The molecule has 0 spiro atoms. The van der Waals surface area contributed by atoms with Gasteiger partial charge in [-0.15, -0.1) is 0 Å². The normalized spacial score (nSPS) is 5.33. The Kier molecular flexibility index (Phi) is 19.1. The second kappa shape index (κ2) is 10.8. The van der Waals surface area contributed by atoms with E-state index >= 15 is 0 Å². The Morgan fingerprint density at radius 2 is 0.778 bits per heavy atom. The Morgan fingerprint density at radius 3 is 0.778 bits per heavy atom. The molecular weight excluding hydrogens is 212 g/mol. The van der Waals surface area contributed by atoms with Gasteiger partial charge in [0.25, 0.3) is 0 Å². The summed E-state index contributed by atoms with van der Waals surface area (Å²) in [6, 6.07) is 0. The topological polar surface area (TPSA) is 121 Å². The van der Waals surface area contributed by atoms with Crippen molar-refractivity contribution >= 4 is 45.5 Å². The Labute approximate surface area is 85.6 Å². The van der Waals surface area contributed by atoms with Crippen molar-refractivity contribution in [2.45, 2.75) is 0 Å². The van der Waals surface area contributed by atoms with Gasteiger partial charge in [-0.1, -0.05) is 0 Å². The predicted octanol–water partition coefficient (Wildman–Crippen LogP) is -1.29. The molecule has 48 valence electrons. The van der Waals surface area contributed by atoms with E-state index in [0.29, 0.717) is 0 Å². The van der Waals surface area contributed by atoms with Gasteiger partial charge in [0, 0.05) is 0 Å². The van der Waals surface area contributed by atoms with Crippen LogP contribution in [0.15, 0.2) is 0 Å². The standard InChI is InChI=1S/2H2NO3.Sr/c2*2-1(3)4;/h2*(H2,2,3,4);/q2*+1;+2. The monoisotopic (exact) mass is 216 g/mol. The average molecular weight is 216 g/mol. The summed E-state index contributed by atoms with van der Waals surface area (Å²) in [5.74, 6) is 0. The van der Waals surface area contributed by atoms with E-state index in [2.05, 4.69) is 0 Å².